The van der Waals surface area contributed by atoms with E-state index in [9.17, 15) is 4.79 Å². The number of carbonyl (C=O) groups excluding carboxylic acids is 1. The molecule has 0 saturated carbocycles. The van der Waals surface area contributed by atoms with Gasteiger partial charge in [0.15, 0.2) is 15.9 Å². The summed E-state index contributed by atoms with van der Waals surface area (Å²) in [6.45, 7) is 4.17. The Morgan fingerprint density at radius 2 is 2.12 bits per heavy atom. The molecular formula is C18H15N3O2S3. The molecule has 0 aliphatic heterocycles. The predicted octanol–water partition coefficient (Wildman–Crippen LogP) is 5.39. The lowest BCUT2D eigenvalue weighted by Gasteiger charge is -1.99. The third-order valence-corrected chi connectivity index (χ3v) is 6.32. The van der Waals surface area contributed by atoms with Gasteiger partial charge in [-0.05, 0) is 32.0 Å². The third-order valence-electron chi connectivity index (χ3n) is 3.69. The number of hydrogen-bond acceptors (Lipinski definition) is 7. The molecule has 0 unspecified atom stereocenters. The third kappa shape index (κ3) is 3.62. The molecule has 1 amide bonds. The molecule has 0 aliphatic carbocycles. The summed E-state index contributed by atoms with van der Waals surface area (Å²) in [7, 11) is 0. The molecule has 4 aromatic rings. The lowest BCUT2D eigenvalue weighted by molar-refractivity contribution is -0.115. The van der Waals surface area contributed by atoms with Crippen molar-refractivity contribution in [3.63, 3.8) is 0 Å². The first-order chi connectivity index (χ1) is 12.6. The number of carbonyl (C=O) groups is 1. The van der Waals surface area contributed by atoms with Gasteiger partial charge < -0.3 is 9.73 Å². The van der Waals surface area contributed by atoms with E-state index < -0.39 is 0 Å². The van der Waals surface area contributed by atoms with Gasteiger partial charge in [0.2, 0.25) is 5.91 Å². The second-order valence-corrected chi connectivity index (χ2v) is 8.89. The molecule has 5 nitrogen and oxygen atoms in total. The molecule has 132 valence electrons. The summed E-state index contributed by atoms with van der Waals surface area (Å²) in [6.07, 6.45) is 1.82. The van der Waals surface area contributed by atoms with Crippen LogP contribution in [0.2, 0.25) is 0 Å². The van der Waals surface area contributed by atoms with Crippen molar-refractivity contribution in [2.24, 2.45) is 0 Å². The SMILES string of the molecule is Cc1cc(-c2csc(NC(=O)Cc3csc(-c4ccco4)n3)n2)c(C)s1. The Labute approximate surface area is 162 Å². The number of aromatic nitrogens is 2. The van der Waals surface area contributed by atoms with E-state index in [0.29, 0.717) is 10.9 Å². The highest BCUT2D eigenvalue weighted by Gasteiger charge is 2.14. The Kier molecular flexibility index (Phi) is 4.71. The van der Waals surface area contributed by atoms with Crippen LogP contribution in [0.4, 0.5) is 5.13 Å². The van der Waals surface area contributed by atoms with Crippen molar-refractivity contribution >= 4 is 45.0 Å². The van der Waals surface area contributed by atoms with Crippen molar-refractivity contribution < 1.29 is 9.21 Å². The van der Waals surface area contributed by atoms with E-state index in [1.54, 1.807) is 17.6 Å². The van der Waals surface area contributed by atoms with Gasteiger partial charge in [-0.15, -0.1) is 34.0 Å². The molecule has 4 rings (SSSR count). The van der Waals surface area contributed by atoms with Crippen molar-refractivity contribution in [1.82, 2.24) is 9.97 Å². The highest BCUT2D eigenvalue weighted by atomic mass is 32.1. The molecule has 0 aromatic carbocycles. The number of nitrogens with zero attached hydrogens (tertiary/aromatic N) is 2. The zero-order valence-electron chi connectivity index (χ0n) is 14.1. The van der Waals surface area contributed by atoms with Gasteiger partial charge in [-0.25, -0.2) is 9.97 Å². The summed E-state index contributed by atoms with van der Waals surface area (Å²) in [5.74, 6) is 0.591. The van der Waals surface area contributed by atoms with Crippen LogP contribution in [0.25, 0.3) is 22.0 Å². The molecule has 0 bridgehead atoms. The Morgan fingerprint density at radius 1 is 1.23 bits per heavy atom. The second kappa shape index (κ2) is 7.14. The Morgan fingerprint density at radius 3 is 2.85 bits per heavy atom. The van der Waals surface area contributed by atoms with E-state index in [2.05, 4.69) is 35.2 Å². The summed E-state index contributed by atoms with van der Waals surface area (Å²) < 4.78 is 5.33. The van der Waals surface area contributed by atoms with E-state index >= 15 is 0 Å². The number of hydrogen-bond donors (Lipinski definition) is 1. The highest BCUT2D eigenvalue weighted by molar-refractivity contribution is 7.14. The lowest BCUT2D eigenvalue weighted by Crippen LogP contribution is -2.14. The van der Waals surface area contributed by atoms with Gasteiger partial charge in [0.25, 0.3) is 0 Å². The zero-order chi connectivity index (χ0) is 18.1. The number of anilines is 1. The molecule has 0 aliphatic rings. The van der Waals surface area contributed by atoms with E-state index in [4.69, 9.17) is 4.42 Å². The fraction of sp³-hybridized carbons (Fsp3) is 0.167. The number of rotatable bonds is 5. The molecule has 0 fully saturated rings. The maximum atomic E-state index is 12.3. The number of amides is 1. The van der Waals surface area contributed by atoms with Crippen molar-refractivity contribution in [2.45, 2.75) is 20.3 Å². The van der Waals surface area contributed by atoms with Crippen LogP contribution in [0, 0.1) is 13.8 Å². The van der Waals surface area contributed by atoms with Gasteiger partial charge in [-0.2, -0.15) is 0 Å². The Hall–Kier alpha value is -2.29. The van der Waals surface area contributed by atoms with Crippen molar-refractivity contribution in [1.29, 1.82) is 0 Å². The summed E-state index contributed by atoms with van der Waals surface area (Å²) in [5, 5.41) is 8.10. The number of nitrogens with one attached hydrogen (secondary N) is 1. The average molecular weight is 402 g/mol. The predicted molar refractivity (Wildman–Crippen MR) is 107 cm³/mol. The number of thiophene rings is 1. The van der Waals surface area contributed by atoms with Crippen molar-refractivity contribution in [3.8, 4) is 22.0 Å². The monoisotopic (exact) mass is 401 g/mol. The molecule has 8 heteroatoms. The van der Waals surface area contributed by atoms with Crippen molar-refractivity contribution in [3.05, 3.63) is 50.7 Å². The quantitative estimate of drug-likeness (QED) is 0.487. The van der Waals surface area contributed by atoms with E-state index in [1.807, 2.05) is 22.9 Å². The largest absolute Gasteiger partial charge is 0.462 e. The summed E-state index contributed by atoms with van der Waals surface area (Å²) in [4.78, 5) is 23.8. The zero-order valence-corrected chi connectivity index (χ0v) is 16.6. The molecule has 1 N–H and O–H groups in total. The van der Waals surface area contributed by atoms with Crippen LogP contribution < -0.4 is 5.32 Å². The van der Waals surface area contributed by atoms with Crippen LogP contribution in [0.15, 0.2) is 39.6 Å². The van der Waals surface area contributed by atoms with Gasteiger partial charge in [-0.3, -0.25) is 4.79 Å². The summed E-state index contributed by atoms with van der Waals surface area (Å²) in [5.41, 5.74) is 2.76. The van der Waals surface area contributed by atoms with Gasteiger partial charge in [-0.1, -0.05) is 0 Å². The first-order valence-electron chi connectivity index (χ1n) is 7.89. The summed E-state index contributed by atoms with van der Waals surface area (Å²) in [6, 6.07) is 5.81. The van der Waals surface area contributed by atoms with E-state index in [-0.39, 0.29) is 12.3 Å². The first kappa shape index (κ1) is 17.1. The number of furan rings is 1. The smallest absolute Gasteiger partial charge is 0.232 e. The minimum Gasteiger partial charge on any atom is -0.462 e. The fourth-order valence-electron chi connectivity index (χ4n) is 2.57. The number of thiazole rings is 2. The Bertz CT molecular complexity index is 1040. The van der Waals surface area contributed by atoms with Gasteiger partial charge in [0.05, 0.1) is 24.1 Å². The average Bonchev–Trinajstić information content (AvgIpc) is 3.35. The molecule has 0 radical (unpaired) electrons. The maximum absolute atomic E-state index is 12.3. The van der Waals surface area contributed by atoms with E-state index in [0.717, 1.165) is 22.0 Å². The highest BCUT2D eigenvalue weighted by Crippen LogP contribution is 2.32. The van der Waals surface area contributed by atoms with Crippen LogP contribution in [-0.2, 0) is 11.2 Å². The van der Waals surface area contributed by atoms with E-state index in [1.165, 1.54) is 32.4 Å². The van der Waals surface area contributed by atoms with Gasteiger partial charge >= 0.3 is 0 Å². The van der Waals surface area contributed by atoms with Crippen LogP contribution in [-0.4, -0.2) is 15.9 Å². The fourth-order valence-corrected chi connectivity index (χ4v) is 5.02. The molecule has 0 atom stereocenters. The standard InChI is InChI=1S/C18H15N3O2S3/c1-10-6-13(11(2)26-10)14-9-25-18(20-14)21-16(22)7-12-8-24-17(19-12)15-4-3-5-23-15/h3-6,8-9H,7H2,1-2H3,(H,20,21,22). The molecular weight excluding hydrogens is 386 g/mol. The number of aryl methyl sites for hydroxylation is 2. The molecule has 0 spiro atoms. The Balaban J connectivity index is 1.42. The topological polar surface area (TPSA) is 68.0 Å². The molecule has 0 saturated heterocycles. The minimum atomic E-state index is -0.125. The van der Waals surface area contributed by atoms with Crippen LogP contribution in [0.1, 0.15) is 15.4 Å². The lowest BCUT2D eigenvalue weighted by atomic mass is 10.2. The normalized spacial score (nSPS) is 11.0. The van der Waals surface area contributed by atoms with Crippen LogP contribution >= 0.6 is 34.0 Å². The maximum Gasteiger partial charge on any atom is 0.232 e. The van der Waals surface area contributed by atoms with Crippen LogP contribution in [0.5, 0.6) is 0 Å². The van der Waals surface area contributed by atoms with Crippen LogP contribution in [0.3, 0.4) is 0 Å². The molecule has 4 aromatic heterocycles. The van der Waals surface area contributed by atoms with Gasteiger partial charge in [0.1, 0.15) is 0 Å². The minimum absolute atomic E-state index is 0.125. The second-order valence-electron chi connectivity index (χ2n) is 5.71. The van der Waals surface area contributed by atoms with Gasteiger partial charge in [0, 0.05) is 26.1 Å². The molecule has 26 heavy (non-hydrogen) atoms. The van der Waals surface area contributed by atoms with Crippen molar-refractivity contribution in [2.75, 3.05) is 5.32 Å². The first-order valence-corrected chi connectivity index (χ1v) is 10.5. The summed E-state index contributed by atoms with van der Waals surface area (Å²) >= 11 is 4.65. The molecule has 4 heterocycles.